The zero-order valence-corrected chi connectivity index (χ0v) is 15.4. The summed E-state index contributed by atoms with van der Waals surface area (Å²) in [6.45, 7) is 2.80. The second kappa shape index (κ2) is 8.66. The molecule has 2 aromatic rings. The molecule has 2 amide bonds. The van der Waals surface area contributed by atoms with Gasteiger partial charge in [0.2, 0.25) is 0 Å². The highest BCUT2D eigenvalue weighted by molar-refractivity contribution is 5.77. The van der Waals surface area contributed by atoms with Crippen LogP contribution in [0.1, 0.15) is 30.6 Å². The number of nitrogens with one attached hydrogen (secondary N) is 1. The molecule has 1 aliphatic heterocycles. The lowest BCUT2D eigenvalue weighted by Gasteiger charge is -2.35. The molecule has 142 valence electrons. The number of nitrogens with zero attached hydrogens (tertiary/aromatic N) is 2. The average molecular weight is 367 g/mol. The number of amides is 2. The molecule has 1 fully saturated rings. The number of carbonyl (C=O) groups excluding carboxylic acids is 1. The third kappa shape index (κ3) is 5.06. The Morgan fingerprint density at radius 1 is 1.19 bits per heavy atom. The van der Waals surface area contributed by atoms with Gasteiger partial charge in [0.15, 0.2) is 0 Å². The predicted molar refractivity (Wildman–Crippen MR) is 102 cm³/mol. The van der Waals surface area contributed by atoms with Gasteiger partial charge >= 0.3 is 12.0 Å². The first-order valence-corrected chi connectivity index (χ1v) is 9.26. The summed E-state index contributed by atoms with van der Waals surface area (Å²) in [6.07, 6.45) is 2.92. The van der Waals surface area contributed by atoms with Gasteiger partial charge in [0.25, 0.3) is 0 Å². The normalized spacial score (nSPS) is 20.7. The van der Waals surface area contributed by atoms with Crippen molar-refractivity contribution in [2.24, 2.45) is 11.8 Å². The molecule has 0 bridgehead atoms. The molecule has 2 heterocycles. The van der Waals surface area contributed by atoms with Crippen LogP contribution in [0.5, 0.6) is 0 Å². The number of carboxylic acids is 1. The summed E-state index contributed by atoms with van der Waals surface area (Å²) in [7, 11) is 0. The Hall–Kier alpha value is -2.89. The van der Waals surface area contributed by atoms with Crippen LogP contribution < -0.4 is 5.32 Å². The van der Waals surface area contributed by atoms with Crippen molar-refractivity contribution >= 4 is 12.0 Å². The SMILES string of the molecule is C[C@@H]1C[C@H](C(=O)O)CN(C(=O)N[C@H](Cc2ccccn2)c2ccccc2)C1. The van der Waals surface area contributed by atoms with Crippen LogP contribution in [-0.4, -0.2) is 40.1 Å². The Bertz CT molecular complexity index is 767. The zero-order chi connectivity index (χ0) is 19.2. The molecule has 27 heavy (non-hydrogen) atoms. The largest absolute Gasteiger partial charge is 0.481 e. The molecular weight excluding hydrogens is 342 g/mol. The number of urea groups is 1. The van der Waals surface area contributed by atoms with Gasteiger partial charge in [0.1, 0.15) is 0 Å². The summed E-state index contributed by atoms with van der Waals surface area (Å²) < 4.78 is 0. The third-order valence-corrected chi connectivity index (χ3v) is 4.94. The average Bonchev–Trinajstić information content (AvgIpc) is 2.68. The highest BCUT2D eigenvalue weighted by atomic mass is 16.4. The van der Waals surface area contributed by atoms with Crippen LogP contribution in [0, 0.1) is 11.8 Å². The van der Waals surface area contributed by atoms with Crippen molar-refractivity contribution in [1.82, 2.24) is 15.2 Å². The molecule has 0 radical (unpaired) electrons. The number of aromatic nitrogens is 1. The van der Waals surface area contributed by atoms with Crippen molar-refractivity contribution in [3.05, 3.63) is 66.0 Å². The molecule has 2 N–H and O–H groups in total. The zero-order valence-electron chi connectivity index (χ0n) is 15.4. The Balaban J connectivity index is 1.75. The lowest BCUT2D eigenvalue weighted by Crippen LogP contribution is -2.50. The maximum absolute atomic E-state index is 12.9. The highest BCUT2D eigenvalue weighted by Crippen LogP contribution is 2.23. The van der Waals surface area contributed by atoms with Gasteiger partial charge in [0, 0.05) is 31.4 Å². The van der Waals surface area contributed by atoms with E-state index in [9.17, 15) is 14.7 Å². The van der Waals surface area contributed by atoms with Gasteiger partial charge in [-0.05, 0) is 30.0 Å². The van der Waals surface area contributed by atoms with Crippen LogP contribution in [0.15, 0.2) is 54.7 Å². The highest BCUT2D eigenvalue weighted by Gasteiger charge is 2.32. The van der Waals surface area contributed by atoms with E-state index in [1.165, 1.54) is 0 Å². The molecule has 0 spiro atoms. The summed E-state index contributed by atoms with van der Waals surface area (Å²) >= 11 is 0. The third-order valence-electron chi connectivity index (χ3n) is 4.94. The van der Waals surface area contributed by atoms with Gasteiger partial charge < -0.3 is 15.3 Å². The quantitative estimate of drug-likeness (QED) is 0.851. The molecule has 6 nitrogen and oxygen atoms in total. The summed E-state index contributed by atoms with van der Waals surface area (Å²) in [4.78, 5) is 30.3. The molecule has 3 atom stereocenters. The van der Waals surface area contributed by atoms with E-state index in [0.717, 1.165) is 11.3 Å². The second-order valence-corrected chi connectivity index (χ2v) is 7.22. The van der Waals surface area contributed by atoms with Gasteiger partial charge in [-0.15, -0.1) is 0 Å². The number of carbonyl (C=O) groups is 2. The van der Waals surface area contributed by atoms with Crippen LogP contribution in [0.25, 0.3) is 0 Å². The Kier molecular flexibility index (Phi) is 6.06. The van der Waals surface area contributed by atoms with E-state index < -0.39 is 11.9 Å². The first-order valence-electron chi connectivity index (χ1n) is 9.26. The lowest BCUT2D eigenvalue weighted by molar-refractivity contribution is -0.143. The fourth-order valence-electron chi connectivity index (χ4n) is 3.60. The Morgan fingerprint density at radius 2 is 1.93 bits per heavy atom. The van der Waals surface area contributed by atoms with Crippen molar-refractivity contribution in [3.63, 3.8) is 0 Å². The smallest absolute Gasteiger partial charge is 0.317 e. The monoisotopic (exact) mass is 367 g/mol. The molecule has 0 aliphatic carbocycles. The number of hydrogen-bond donors (Lipinski definition) is 2. The standard InChI is InChI=1S/C21H25N3O3/c1-15-11-17(20(25)26)14-24(13-15)21(27)23-19(16-7-3-2-4-8-16)12-18-9-5-6-10-22-18/h2-10,15,17,19H,11-14H2,1H3,(H,23,27)(H,25,26)/t15-,17+,19-/m1/s1. The summed E-state index contributed by atoms with van der Waals surface area (Å²) in [5.74, 6) is -1.19. The van der Waals surface area contributed by atoms with Crippen molar-refractivity contribution < 1.29 is 14.7 Å². The topological polar surface area (TPSA) is 82.5 Å². The van der Waals surface area contributed by atoms with Crippen LogP contribution in [0.4, 0.5) is 4.79 Å². The van der Waals surface area contributed by atoms with Gasteiger partial charge in [-0.25, -0.2) is 4.79 Å². The first-order chi connectivity index (χ1) is 13.0. The van der Waals surface area contributed by atoms with Crippen molar-refractivity contribution in [1.29, 1.82) is 0 Å². The molecule has 1 aromatic heterocycles. The minimum absolute atomic E-state index is 0.163. The van der Waals surface area contributed by atoms with Gasteiger partial charge in [-0.1, -0.05) is 43.3 Å². The number of piperidine rings is 1. The van der Waals surface area contributed by atoms with E-state index in [-0.39, 0.29) is 24.5 Å². The maximum Gasteiger partial charge on any atom is 0.317 e. The number of aliphatic carboxylic acids is 1. The molecule has 0 unspecified atom stereocenters. The minimum atomic E-state index is -0.840. The predicted octanol–water partition coefficient (Wildman–Crippen LogP) is 3.12. The van der Waals surface area contributed by atoms with Crippen LogP contribution in [0.3, 0.4) is 0 Å². The minimum Gasteiger partial charge on any atom is -0.481 e. The molecule has 3 rings (SSSR count). The van der Waals surface area contributed by atoms with E-state index >= 15 is 0 Å². The van der Waals surface area contributed by atoms with Crippen molar-refractivity contribution in [2.75, 3.05) is 13.1 Å². The lowest BCUT2D eigenvalue weighted by atomic mass is 9.90. The summed E-state index contributed by atoms with van der Waals surface area (Å²) in [5.41, 5.74) is 1.89. The molecule has 0 saturated carbocycles. The number of likely N-dealkylation sites (tertiary alicyclic amines) is 1. The van der Waals surface area contributed by atoms with E-state index in [4.69, 9.17) is 0 Å². The fraction of sp³-hybridized carbons (Fsp3) is 0.381. The second-order valence-electron chi connectivity index (χ2n) is 7.22. The molecule has 1 aliphatic rings. The van der Waals surface area contributed by atoms with Crippen molar-refractivity contribution in [2.45, 2.75) is 25.8 Å². The van der Waals surface area contributed by atoms with Crippen LogP contribution in [-0.2, 0) is 11.2 Å². The van der Waals surface area contributed by atoms with Gasteiger partial charge in [0.05, 0.1) is 12.0 Å². The van der Waals surface area contributed by atoms with Crippen LogP contribution in [0.2, 0.25) is 0 Å². The van der Waals surface area contributed by atoms with Gasteiger partial charge in [-0.2, -0.15) is 0 Å². The molecule has 1 aromatic carbocycles. The van der Waals surface area contributed by atoms with E-state index in [1.54, 1.807) is 11.1 Å². The summed E-state index contributed by atoms with van der Waals surface area (Å²) in [6, 6.07) is 15.0. The van der Waals surface area contributed by atoms with Crippen molar-refractivity contribution in [3.8, 4) is 0 Å². The Labute approximate surface area is 159 Å². The van der Waals surface area contributed by atoms with E-state index in [1.807, 2.05) is 55.5 Å². The van der Waals surface area contributed by atoms with E-state index in [2.05, 4.69) is 10.3 Å². The number of benzene rings is 1. The Morgan fingerprint density at radius 3 is 2.59 bits per heavy atom. The molecule has 1 saturated heterocycles. The first kappa shape index (κ1) is 18.9. The van der Waals surface area contributed by atoms with E-state index in [0.29, 0.717) is 19.4 Å². The fourth-order valence-corrected chi connectivity index (χ4v) is 3.60. The molecular formula is C21H25N3O3. The number of hydrogen-bond acceptors (Lipinski definition) is 3. The van der Waals surface area contributed by atoms with Gasteiger partial charge in [-0.3, -0.25) is 9.78 Å². The maximum atomic E-state index is 12.9. The number of rotatable bonds is 5. The summed E-state index contributed by atoms with van der Waals surface area (Å²) in [5, 5.41) is 12.4. The van der Waals surface area contributed by atoms with Crippen LogP contribution >= 0.6 is 0 Å². The number of carboxylic acid groups (broad SMARTS) is 1. The molecule has 6 heteroatoms. The number of pyridine rings is 1.